The molecule has 2 nitrogen and oxygen atoms in total. The molecule has 0 unspecified atom stereocenters. The molecular weight excluding hydrogens is 198 g/mol. The molecule has 0 amide bonds. The van der Waals surface area contributed by atoms with Crippen LogP contribution in [0.5, 0.6) is 5.75 Å². The lowest BCUT2D eigenvalue weighted by atomic mass is 10.00. The molecule has 0 aliphatic carbocycles. The number of benzene rings is 1. The van der Waals surface area contributed by atoms with Crippen molar-refractivity contribution in [3.63, 3.8) is 0 Å². The van der Waals surface area contributed by atoms with Gasteiger partial charge in [-0.1, -0.05) is 17.7 Å². The van der Waals surface area contributed by atoms with Gasteiger partial charge in [0.15, 0.2) is 0 Å². The van der Waals surface area contributed by atoms with E-state index in [1.54, 1.807) is 0 Å². The second kappa shape index (κ2) is 3.44. The highest BCUT2D eigenvalue weighted by Crippen LogP contribution is 2.29. The number of aryl methyl sites for hydroxylation is 1. The predicted molar refractivity (Wildman–Crippen MR) is 58.1 cm³/mol. The van der Waals surface area contributed by atoms with Crippen molar-refractivity contribution in [2.45, 2.75) is 19.4 Å². The first kappa shape index (κ1) is 9.81. The van der Waals surface area contributed by atoms with Crippen molar-refractivity contribution in [3.8, 4) is 5.75 Å². The number of halogens is 1. The van der Waals surface area contributed by atoms with Gasteiger partial charge < -0.3 is 10.1 Å². The molecule has 1 saturated heterocycles. The van der Waals surface area contributed by atoms with Gasteiger partial charge in [-0.05, 0) is 31.5 Å². The minimum Gasteiger partial charge on any atom is -0.483 e. The summed E-state index contributed by atoms with van der Waals surface area (Å²) in [4.78, 5) is 0. The molecule has 0 spiro atoms. The number of rotatable bonds is 2. The van der Waals surface area contributed by atoms with Gasteiger partial charge in [-0.3, -0.25) is 0 Å². The Morgan fingerprint density at radius 2 is 2.14 bits per heavy atom. The van der Waals surface area contributed by atoms with E-state index in [0.29, 0.717) is 5.02 Å². The number of nitrogens with one attached hydrogen (secondary N) is 1. The van der Waals surface area contributed by atoms with Crippen molar-refractivity contribution in [3.05, 3.63) is 28.8 Å². The van der Waals surface area contributed by atoms with Crippen LogP contribution in [0.2, 0.25) is 5.02 Å². The first-order valence-electron chi connectivity index (χ1n) is 4.75. The van der Waals surface area contributed by atoms with E-state index in [0.717, 1.165) is 24.4 Å². The van der Waals surface area contributed by atoms with Crippen molar-refractivity contribution in [1.29, 1.82) is 0 Å². The normalized spacial score (nSPS) is 18.8. The van der Waals surface area contributed by atoms with Gasteiger partial charge in [-0.15, -0.1) is 0 Å². The Kier molecular flexibility index (Phi) is 2.41. The highest BCUT2D eigenvalue weighted by Gasteiger charge is 2.34. The molecule has 14 heavy (non-hydrogen) atoms. The predicted octanol–water partition coefficient (Wildman–Crippen LogP) is 2.39. The van der Waals surface area contributed by atoms with E-state index in [1.165, 1.54) is 0 Å². The van der Waals surface area contributed by atoms with Gasteiger partial charge in [0.25, 0.3) is 0 Å². The zero-order valence-corrected chi connectivity index (χ0v) is 9.19. The topological polar surface area (TPSA) is 21.3 Å². The Morgan fingerprint density at radius 3 is 2.64 bits per heavy atom. The maximum Gasteiger partial charge on any atom is 0.138 e. The fourth-order valence-corrected chi connectivity index (χ4v) is 1.78. The molecule has 0 saturated carbocycles. The van der Waals surface area contributed by atoms with Crippen molar-refractivity contribution in [2.24, 2.45) is 0 Å². The van der Waals surface area contributed by atoms with E-state index in [9.17, 15) is 0 Å². The van der Waals surface area contributed by atoms with Crippen molar-refractivity contribution < 1.29 is 4.74 Å². The molecule has 1 fully saturated rings. The minimum absolute atomic E-state index is 0.0844. The minimum atomic E-state index is -0.0844. The van der Waals surface area contributed by atoms with Crippen LogP contribution in [-0.4, -0.2) is 18.7 Å². The summed E-state index contributed by atoms with van der Waals surface area (Å²) < 4.78 is 5.83. The van der Waals surface area contributed by atoms with E-state index in [4.69, 9.17) is 16.3 Å². The first-order valence-corrected chi connectivity index (χ1v) is 5.13. The maximum atomic E-state index is 6.07. The molecule has 1 aromatic rings. The van der Waals surface area contributed by atoms with Gasteiger partial charge in [0.05, 0.1) is 5.02 Å². The highest BCUT2D eigenvalue weighted by atomic mass is 35.5. The summed E-state index contributed by atoms with van der Waals surface area (Å²) in [5, 5.41) is 3.88. The standard InChI is InChI=1S/C11H14ClNO/c1-8-3-4-10(9(12)5-8)14-11(2)6-13-7-11/h3-5,13H,6-7H2,1-2H3. The van der Waals surface area contributed by atoms with Gasteiger partial charge in [-0.25, -0.2) is 0 Å². The lowest BCUT2D eigenvalue weighted by molar-refractivity contribution is 0.0349. The molecule has 0 aromatic heterocycles. The summed E-state index contributed by atoms with van der Waals surface area (Å²) in [5.74, 6) is 0.779. The fourth-order valence-electron chi connectivity index (χ4n) is 1.50. The molecule has 0 radical (unpaired) electrons. The largest absolute Gasteiger partial charge is 0.483 e. The van der Waals surface area contributed by atoms with Gasteiger partial charge >= 0.3 is 0 Å². The van der Waals surface area contributed by atoms with Crippen LogP contribution >= 0.6 is 11.6 Å². The third kappa shape index (κ3) is 1.86. The van der Waals surface area contributed by atoms with E-state index in [1.807, 2.05) is 25.1 Å². The van der Waals surface area contributed by atoms with Crippen molar-refractivity contribution >= 4 is 11.6 Å². The molecule has 1 N–H and O–H groups in total. The van der Waals surface area contributed by atoms with Crippen LogP contribution in [0.15, 0.2) is 18.2 Å². The van der Waals surface area contributed by atoms with Gasteiger partial charge in [0.2, 0.25) is 0 Å². The van der Waals surface area contributed by atoms with Gasteiger partial charge in [0, 0.05) is 13.1 Å². The van der Waals surface area contributed by atoms with Crippen LogP contribution in [0.25, 0.3) is 0 Å². The van der Waals surface area contributed by atoms with E-state index in [-0.39, 0.29) is 5.60 Å². The SMILES string of the molecule is Cc1ccc(OC2(C)CNC2)c(Cl)c1. The van der Waals surface area contributed by atoms with E-state index < -0.39 is 0 Å². The third-order valence-corrected chi connectivity index (χ3v) is 2.74. The molecule has 76 valence electrons. The monoisotopic (exact) mass is 211 g/mol. The zero-order valence-electron chi connectivity index (χ0n) is 8.43. The number of hydrogen-bond donors (Lipinski definition) is 1. The fraction of sp³-hybridized carbons (Fsp3) is 0.455. The molecule has 2 rings (SSSR count). The summed E-state index contributed by atoms with van der Waals surface area (Å²) in [6, 6.07) is 5.87. The Labute approximate surface area is 89.2 Å². The van der Waals surface area contributed by atoms with Crippen molar-refractivity contribution in [1.82, 2.24) is 5.32 Å². The van der Waals surface area contributed by atoms with Crippen LogP contribution in [0, 0.1) is 6.92 Å². The van der Waals surface area contributed by atoms with Crippen LogP contribution in [0.1, 0.15) is 12.5 Å². The lowest BCUT2D eigenvalue weighted by Crippen LogP contribution is -2.61. The van der Waals surface area contributed by atoms with Crippen molar-refractivity contribution in [2.75, 3.05) is 13.1 Å². The molecule has 1 aromatic carbocycles. The average molecular weight is 212 g/mol. The summed E-state index contributed by atoms with van der Waals surface area (Å²) in [5.41, 5.74) is 1.07. The Balaban J connectivity index is 2.16. The Bertz CT molecular complexity index is 347. The summed E-state index contributed by atoms with van der Waals surface area (Å²) in [6.45, 7) is 5.87. The first-order chi connectivity index (χ1) is 6.59. The van der Waals surface area contributed by atoms with E-state index >= 15 is 0 Å². The lowest BCUT2D eigenvalue weighted by Gasteiger charge is -2.39. The molecule has 0 bridgehead atoms. The van der Waals surface area contributed by atoms with Gasteiger partial charge in [-0.2, -0.15) is 0 Å². The molecule has 1 heterocycles. The second-order valence-electron chi connectivity index (χ2n) is 4.09. The smallest absolute Gasteiger partial charge is 0.138 e. The van der Waals surface area contributed by atoms with Gasteiger partial charge in [0.1, 0.15) is 11.4 Å². The molecule has 3 heteroatoms. The number of hydrogen-bond acceptors (Lipinski definition) is 2. The Hall–Kier alpha value is -0.730. The second-order valence-corrected chi connectivity index (χ2v) is 4.50. The quantitative estimate of drug-likeness (QED) is 0.811. The zero-order chi connectivity index (χ0) is 10.2. The Morgan fingerprint density at radius 1 is 1.43 bits per heavy atom. The summed E-state index contributed by atoms with van der Waals surface area (Å²) >= 11 is 6.07. The molecule has 1 aliphatic rings. The molecular formula is C11H14ClNO. The summed E-state index contributed by atoms with van der Waals surface area (Å²) in [7, 11) is 0. The van der Waals surface area contributed by atoms with Crippen LogP contribution in [0.3, 0.4) is 0 Å². The number of ether oxygens (including phenoxy) is 1. The molecule has 0 atom stereocenters. The van der Waals surface area contributed by atoms with Crippen LogP contribution < -0.4 is 10.1 Å². The third-order valence-electron chi connectivity index (χ3n) is 2.44. The van der Waals surface area contributed by atoms with Crippen LogP contribution in [-0.2, 0) is 0 Å². The van der Waals surface area contributed by atoms with Crippen LogP contribution in [0.4, 0.5) is 0 Å². The van der Waals surface area contributed by atoms with E-state index in [2.05, 4.69) is 12.2 Å². The summed E-state index contributed by atoms with van der Waals surface area (Å²) in [6.07, 6.45) is 0. The maximum absolute atomic E-state index is 6.07. The average Bonchev–Trinajstić information content (AvgIpc) is 2.07. The highest BCUT2D eigenvalue weighted by molar-refractivity contribution is 6.32. The molecule has 1 aliphatic heterocycles.